The highest BCUT2D eigenvalue weighted by Gasteiger charge is 2.38. The SMILES string of the molecule is CCCN(CCC)C(=O)Nc1ccc2nc(N3C(=O)c4ccccc4C3=O)sc2c1. The van der Waals surface area contributed by atoms with Crippen LogP contribution in [0.25, 0.3) is 10.2 Å². The molecule has 0 aliphatic carbocycles. The number of urea groups is 1. The first kappa shape index (κ1) is 20.0. The quantitative estimate of drug-likeness (QED) is 0.581. The van der Waals surface area contributed by atoms with Crippen LogP contribution in [0.1, 0.15) is 47.4 Å². The van der Waals surface area contributed by atoms with Crippen molar-refractivity contribution in [2.45, 2.75) is 26.7 Å². The van der Waals surface area contributed by atoms with E-state index in [0.717, 1.165) is 22.4 Å². The van der Waals surface area contributed by atoms with E-state index in [2.05, 4.69) is 10.3 Å². The molecule has 0 fully saturated rings. The van der Waals surface area contributed by atoms with Gasteiger partial charge in [-0.3, -0.25) is 9.59 Å². The Balaban J connectivity index is 1.59. The van der Waals surface area contributed by atoms with Gasteiger partial charge in [-0.15, -0.1) is 0 Å². The van der Waals surface area contributed by atoms with Gasteiger partial charge in [0.1, 0.15) is 0 Å². The number of nitrogens with one attached hydrogen (secondary N) is 1. The van der Waals surface area contributed by atoms with Crippen molar-refractivity contribution in [2.24, 2.45) is 0 Å². The number of benzene rings is 2. The minimum atomic E-state index is -0.363. The highest BCUT2D eigenvalue weighted by atomic mass is 32.1. The van der Waals surface area contributed by atoms with Gasteiger partial charge in [0.2, 0.25) is 5.13 Å². The smallest absolute Gasteiger partial charge is 0.321 e. The van der Waals surface area contributed by atoms with Gasteiger partial charge in [0.15, 0.2) is 0 Å². The maximum Gasteiger partial charge on any atom is 0.321 e. The molecular formula is C22H22N4O3S. The number of amides is 4. The fourth-order valence-electron chi connectivity index (χ4n) is 3.51. The molecule has 0 radical (unpaired) electrons. The second-order valence-electron chi connectivity index (χ2n) is 7.09. The standard InChI is InChI=1S/C22H22N4O3S/c1-3-11-25(12-4-2)21(29)23-14-9-10-17-18(13-14)30-22(24-17)26-19(27)15-7-5-6-8-16(15)20(26)28/h5-10,13H,3-4,11-12H2,1-2H3,(H,23,29). The summed E-state index contributed by atoms with van der Waals surface area (Å²) in [7, 11) is 0. The predicted octanol–water partition coefficient (Wildman–Crippen LogP) is 4.75. The molecule has 30 heavy (non-hydrogen) atoms. The number of nitrogens with zero attached hydrogens (tertiary/aromatic N) is 3. The van der Waals surface area contributed by atoms with Gasteiger partial charge in [0.05, 0.1) is 21.3 Å². The van der Waals surface area contributed by atoms with Crippen molar-refractivity contribution in [3.05, 3.63) is 53.6 Å². The van der Waals surface area contributed by atoms with E-state index in [4.69, 9.17) is 0 Å². The maximum absolute atomic E-state index is 12.7. The predicted molar refractivity (Wildman–Crippen MR) is 118 cm³/mol. The third kappa shape index (κ3) is 3.54. The fourth-order valence-corrected chi connectivity index (χ4v) is 4.51. The van der Waals surface area contributed by atoms with Crippen LogP contribution >= 0.6 is 11.3 Å². The molecule has 0 bridgehead atoms. The Kier molecular flexibility index (Phi) is 5.50. The van der Waals surface area contributed by atoms with Crippen LogP contribution in [-0.4, -0.2) is 40.8 Å². The number of carbonyl (C=O) groups is 3. The summed E-state index contributed by atoms with van der Waals surface area (Å²) in [4.78, 5) is 45.4. The second-order valence-corrected chi connectivity index (χ2v) is 8.10. The Bertz CT molecular complexity index is 1100. The molecule has 1 aliphatic rings. The molecular weight excluding hydrogens is 400 g/mol. The lowest BCUT2D eigenvalue weighted by Crippen LogP contribution is -2.36. The van der Waals surface area contributed by atoms with Crippen LogP contribution in [0.15, 0.2) is 42.5 Å². The minimum absolute atomic E-state index is 0.136. The van der Waals surface area contributed by atoms with Crippen molar-refractivity contribution in [3.63, 3.8) is 0 Å². The Morgan fingerprint density at radius 3 is 2.27 bits per heavy atom. The van der Waals surface area contributed by atoms with Gasteiger partial charge in [0.25, 0.3) is 11.8 Å². The van der Waals surface area contributed by atoms with Crippen molar-refractivity contribution in [2.75, 3.05) is 23.3 Å². The van der Waals surface area contributed by atoms with Gasteiger partial charge in [-0.25, -0.2) is 14.7 Å². The molecule has 4 rings (SSSR count). The Hall–Kier alpha value is -3.26. The van der Waals surface area contributed by atoms with Crippen LogP contribution in [0.5, 0.6) is 0 Å². The molecule has 0 unspecified atom stereocenters. The highest BCUT2D eigenvalue weighted by molar-refractivity contribution is 7.22. The first-order valence-corrected chi connectivity index (χ1v) is 10.8. The summed E-state index contributed by atoms with van der Waals surface area (Å²) in [5.41, 5.74) is 2.11. The van der Waals surface area contributed by atoms with Crippen molar-refractivity contribution in [1.82, 2.24) is 9.88 Å². The van der Waals surface area contributed by atoms with E-state index in [0.29, 0.717) is 40.6 Å². The number of imide groups is 1. The van der Waals surface area contributed by atoms with E-state index in [1.165, 1.54) is 11.3 Å². The monoisotopic (exact) mass is 422 g/mol. The van der Waals surface area contributed by atoms with E-state index in [9.17, 15) is 14.4 Å². The van der Waals surface area contributed by atoms with Gasteiger partial charge in [0, 0.05) is 18.8 Å². The molecule has 1 aromatic heterocycles. The van der Waals surface area contributed by atoms with Crippen LogP contribution in [-0.2, 0) is 0 Å². The molecule has 1 N–H and O–H groups in total. The van der Waals surface area contributed by atoms with Gasteiger partial charge in [-0.05, 0) is 43.2 Å². The average Bonchev–Trinajstić information content (AvgIpc) is 3.26. The topological polar surface area (TPSA) is 82.6 Å². The Morgan fingerprint density at radius 2 is 1.67 bits per heavy atom. The summed E-state index contributed by atoms with van der Waals surface area (Å²) in [6.45, 7) is 5.48. The molecule has 0 saturated carbocycles. The summed E-state index contributed by atoms with van der Waals surface area (Å²) in [5, 5.41) is 3.26. The molecule has 2 heterocycles. The van der Waals surface area contributed by atoms with Crippen LogP contribution in [0.4, 0.5) is 15.6 Å². The number of thiazole rings is 1. The highest BCUT2D eigenvalue weighted by Crippen LogP contribution is 2.35. The molecule has 3 aromatic rings. The average molecular weight is 423 g/mol. The lowest BCUT2D eigenvalue weighted by atomic mass is 10.1. The molecule has 154 valence electrons. The van der Waals surface area contributed by atoms with Crippen LogP contribution in [0.3, 0.4) is 0 Å². The summed E-state index contributed by atoms with van der Waals surface area (Å²) in [5.74, 6) is -0.726. The normalized spacial score (nSPS) is 13.1. The summed E-state index contributed by atoms with van der Waals surface area (Å²) in [6, 6.07) is 12.0. The van der Waals surface area contributed by atoms with E-state index in [1.54, 1.807) is 41.3 Å². The molecule has 0 atom stereocenters. The lowest BCUT2D eigenvalue weighted by molar-refractivity contribution is 0.0926. The third-order valence-electron chi connectivity index (χ3n) is 4.89. The Labute approximate surface area is 178 Å². The number of carbonyl (C=O) groups excluding carboxylic acids is 3. The third-order valence-corrected chi connectivity index (χ3v) is 5.89. The van der Waals surface area contributed by atoms with E-state index in [1.807, 2.05) is 19.9 Å². The zero-order chi connectivity index (χ0) is 21.3. The largest absolute Gasteiger partial charge is 0.325 e. The molecule has 1 aliphatic heterocycles. The summed E-state index contributed by atoms with van der Waals surface area (Å²) < 4.78 is 0.789. The Morgan fingerprint density at radius 1 is 1.03 bits per heavy atom. The fraction of sp³-hybridized carbons (Fsp3) is 0.273. The summed E-state index contributed by atoms with van der Waals surface area (Å²) in [6.07, 6.45) is 1.79. The number of fused-ring (bicyclic) bond motifs is 2. The molecule has 0 spiro atoms. The number of hydrogen-bond donors (Lipinski definition) is 1. The van der Waals surface area contributed by atoms with Crippen LogP contribution < -0.4 is 10.2 Å². The lowest BCUT2D eigenvalue weighted by Gasteiger charge is -2.21. The van der Waals surface area contributed by atoms with Crippen molar-refractivity contribution in [1.29, 1.82) is 0 Å². The first-order chi connectivity index (χ1) is 14.5. The molecule has 0 saturated heterocycles. The minimum Gasteiger partial charge on any atom is -0.325 e. The van der Waals surface area contributed by atoms with Gasteiger partial charge in [-0.2, -0.15) is 0 Å². The zero-order valence-electron chi connectivity index (χ0n) is 16.8. The molecule has 8 heteroatoms. The van der Waals surface area contributed by atoms with E-state index in [-0.39, 0.29) is 17.8 Å². The number of hydrogen-bond acceptors (Lipinski definition) is 5. The van der Waals surface area contributed by atoms with Crippen LogP contribution in [0, 0.1) is 0 Å². The van der Waals surface area contributed by atoms with E-state index >= 15 is 0 Å². The van der Waals surface area contributed by atoms with Crippen molar-refractivity contribution >= 4 is 50.2 Å². The number of aromatic nitrogens is 1. The molecule has 2 aromatic carbocycles. The van der Waals surface area contributed by atoms with Crippen molar-refractivity contribution in [3.8, 4) is 0 Å². The first-order valence-electron chi connectivity index (χ1n) is 9.97. The van der Waals surface area contributed by atoms with Gasteiger partial charge in [-0.1, -0.05) is 37.3 Å². The number of anilines is 2. The number of rotatable bonds is 6. The zero-order valence-corrected chi connectivity index (χ0v) is 17.7. The van der Waals surface area contributed by atoms with E-state index < -0.39 is 0 Å². The summed E-state index contributed by atoms with van der Waals surface area (Å²) >= 11 is 1.25. The van der Waals surface area contributed by atoms with Crippen molar-refractivity contribution < 1.29 is 14.4 Å². The molecule has 4 amide bonds. The second kappa shape index (κ2) is 8.23. The molecule has 7 nitrogen and oxygen atoms in total. The van der Waals surface area contributed by atoms with Gasteiger partial charge < -0.3 is 10.2 Å². The maximum atomic E-state index is 12.7. The van der Waals surface area contributed by atoms with Gasteiger partial charge >= 0.3 is 6.03 Å². The van der Waals surface area contributed by atoms with Crippen LogP contribution in [0.2, 0.25) is 0 Å².